The predicted molar refractivity (Wildman–Crippen MR) is 74.3 cm³/mol. The van der Waals surface area contributed by atoms with Crippen LogP contribution in [0.5, 0.6) is 5.75 Å². The standard InChI is InChI=1S/C14H16ClNO4/c1-14(13(18)19)6-3-7-16(14)12(17)10-8-9(15)4-5-11(10)20-2/h4-5,8H,3,6-7H2,1-2H3,(H,18,19). The van der Waals surface area contributed by atoms with Crippen LogP contribution in [0.15, 0.2) is 18.2 Å². The number of carboxylic acid groups (broad SMARTS) is 1. The zero-order chi connectivity index (χ0) is 14.9. The molecule has 5 nitrogen and oxygen atoms in total. The molecule has 0 aromatic heterocycles. The number of benzene rings is 1. The smallest absolute Gasteiger partial charge is 0.329 e. The number of carbonyl (C=O) groups is 2. The first-order valence-corrected chi connectivity index (χ1v) is 6.67. The Labute approximate surface area is 122 Å². The number of likely N-dealkylation sites (tertiary alicyclic amines) is 1. The Bertz CT molecular complexity index is 560. The SMILES string of the molecule is COc1ccc(Cl)cc1C(=O)N1CCCC1(C)C(=O)O. The van der Waals surface area contributed by atoms with E-state index >= 15 is 0 Å². The quantitative estimate of drug-likeness (QED) is 0.930. The zero-order valence-corrected chi connectivity index (χ0v) is 12.1. The van der Waals surface area contributed by atoms with Crippen molar-refractivity contribution >= 4 is 23.5 Å². The van der Waals surface area contributed by atoms with Gasteiger partial charge in [-0.1, -0.05) is 11.6 Å². The highest BCUT2D eigenvalue weighted by atomic mass is 35.5. The van der Waals surface area contributed by atoms with Crippen LogP contribution in [-0.2, 0) is 4.79 Å². The van der Waals surface area contributed by atoms with Crippen LogP contribution in [0.4, 0.5) is 0 Å². The molecule has 1 aliphatic rings. The van der Waals surface area contributed by atoms with Crippen LogP contribution in [0.1, 0.15) is 30.1 Å². The number of hydrogen-bond donors (Lipinski definition) is 1. The van der Waals surface area contributed by atoms with Crippen molar-refractivity contribution in [1.82, 2.24) is 4.90 Å². The van der Waals surface area contributed by atoms with E-state index in [9.17, 15) is 14.7 Å². The number of aliphatic carboxylic acids is 1. The molecule has 0 saturated carbocycles. The van der Waals surface area contributed by atoms with Crippen molar-refractivity contribution in [1.29, 1.82) is 0 Å². The Kier molecular flexibility index (Phi) is 3.90. The Morgan fingerprint density at radius 3 is 2.75 bits per heavy atom. The molecule has 1 aromatic carbocycles. The van der Waals surface area contributed by atoms with Crippen molar-refractivity contribution in [2.24, 2.45) is 0 Å². The van der Waals surface area contributed by atoms with E-state index in [1.165, 1.54) is 18.1 Å². The Morgan fingerprint density at radius 2 is 2.15 bits per heavy atom. The van der Waals surface area contributed by atoms with Gasteiger partial charge < -0.3 is 14.7 Å². The van der Waals surface area contributed by atoms with Gasteiger partial charge in [-0.25, -0.2) is 4.79 Å². The number of halogens is 1. The lowest BCUT2D eigenvalue weighted by Crippen LogP contribution is -2.50. The third kappa shape index (κ3) is 2.33. The van der Waals surface area contributed by atoms with Gasteiger partial charge in [-0.2, -0.15) is 0 Å². The Balaban J connectivity index is 2.41. The fourth-order valence-corrected chi connectivity index (χ4v) is 2.68. The van der Waals surface area contributed by atoms with E-state index in [0.717, 1.165) is 0 Å². The van der Waals surface area contributed by atoms with Gasteiger partial charge in [-0.3, -0.25) is 4.79 Å². The van der Waals surface area contributed by atoms with Crippen LogP contribution in [0.3, 0.4) is 0 Å². The molecule has 1 amide bonds. The lowest BCUT2D eigenvalue weighted by Gasteiger charge is -2.31. The van der Waals surface area contributed by atoms with Gasteiger partial charge in [0.15, 0.2) is 0 Å². The lowest BCUT2D eigenvalue weighted by molar-refractivity contribution is -0.147. The van der Waals surface area contributed by atoms with Gasteiger partial charge in [0.2, 0.25) is 0 Å². The fourth-order valence-electron chi connectivity index (χ4n) is 2.50. The van der Waals surface area contributed by atoms with Crippen LogP contribution >= 0.6 is 11.6 Å². The maximum Gasteiger partial charge on any atom is 0.329 e. The number of carboxylic acids is 1. The molecule has 0 spiro atoms. The third-order valence-corrected chi connectivity index (χ3v) is 3.97. The number of nitrogens with zero attached hydrogens (tertiary/aromatic N) is 1. The van der Waals surface area contributed by atoms with Gasteiger partial charge in [0.1, 0.15) is 11.3 Å². The minimum atomic E-state index is -1.18. The molecule has 2 rings (SSSR count). The van der Waals surface area contributed by atoms with Gasteiger partial charge in [-0.15, -0.1) is 0 Å². The second kappa shape index (κ2) is 5.32. The Morgan fingerprint density at radius 1 is 1.45 bits per heavy atom. The highest BCUT2D eigenvalue weighted by molar-refractivity contribution is 6.31. The summed E-state index contributed by atoms with van der Waals surface area (Å²) in [6.07, 6.45) is 1.11. The van der Waals surface area contributed by atoms with Crippen molar-refractivity contribution in [3.63, 3.8) is 0 Å². The molecule has 6 heteroatoms. The van der Waals surface area contributed by atoms with Crippen molar-refractivity contribution in [2.75, 3.05) is 13.7 Å². The molecule has 1 atom stereocenters. The van der Waals surface area contributed by atoms with Gasteiger partial charge in [0.05, 0.1) is 12.7 Å². The molecular weight excluding hydrogens is 282 g/mol. The van der Waals surface area contributed by atoms with E-state index in [1.807, 2.05) is 0 Å². The van der Waals surface area contributed by atoms with E-state index in [2.05, 4.69) is 0 Å². The molecule has 1 aliphatic heterocycles. The molecular formula is C14H16ClNO4. The van der Waals surface area contributed by atoms with Gasteiger partial charge in [0.25, 0.3) is 5.91 Å². The summed E-state index contributed by atoms with van der Waals surface area (Å²) >= 11 is 5.92. The summed E-state index contributed by atoms with van der Waals surface area (Å²) < 4.78 is 5.16. The molecule has 0 bridgehead atoms. The molecule has 0 radical (unpaired) electrons. The molecule has 1 N–H and O–H groups in total. The number of amides is 1. The monoisotopic (exact) mass is 297 g/mol. The van der Waals surface area contributed by atoms with Crippen LogP contribution < -0.4 is 4.74 Å². The summed E-state index contributed by atoms with van der Waals surface area (Å²) in [5, 5.41) is 9.78. The summed E-state index contributed by atoms with van der Waals surface area (Å²) in [5.41, 5.74) is -0.890. The molecule has 1 fully saturated rings. The number of hydrogen-bond acceptors (Lipinski definition) is 3. The minimum absolute atomic E-state index is 0.286. The first-order valence-electron chi connectivity index (χ1n) is 6.29. The summed E-state index contributed by atoms with van der Waals surface area (Å²) in [5.74, 6) is -0.977. The molecule has 108 valence electrons. The van der Waals surface area contributed by atoms with Crippen molar-refractivity contribution in [3.8, 4) is 5.75 Å². The maximum absolute atomic E-state index is 12.6. The molecule has 20 heavy (non-hydrogen) atoms. The summed E-state index contributed by atoms with van der Waals surface area (Å²) in [6, 6.07) is 4.73. The number of ether oxygens (including phenoxy) is 1. The van der Waals surface area contributed by atoms with Gasteiger partial charge >= 0.3 is 5.97 Å². The molecule has 1 unspecified atom stereocenters. The minimum Gasteiger partial charge on any atom is -0.496 e. The summed E-state index contributed by atoms with van der Waals surface area (Å²) in [7, 11) is 1.46. The fraction of sp³-hybridized carbons (Fsp3) is 0.429. The molecule has 1 aromatic rings. The molecule has 1 heterocycles. The highest BCUT2D eigenvalue weighted by Crippen LogP contribution is 2.33. The summed E-state index contributed by atoms with van der Waals surface area (Å²) in [4.78, 5) is 25.4. The third-order valence-electron chi connectivity index (χ3n) is 3.74. The normalized spacial score (nSPS) is 21.9. The number of methoxy groups -OCH3 is 1. The van der Waals surface area contributed by atoms with E-state index in [1.54, 1.807) is 19.1 Å². The van der Waals surface area contributed by atoms with Crippen molar-refractivity contribution in [3.05, 3.63) is 28.8 Å². The zero-order valence-electron chi connectivity index (χ0n) is 11.4. The predicted octanol–water partition coefficient (Wildman–Crippen LogP) is 2.43. The van der Waals surface area contributed by atoms with Crippen molar-refractivity contribution < 1.29 is 19.4 Å². The highest BCUT2D eigenvalue weighted by Gasteiger charge is 2.46. The second-order valence-electron chi connectivity index (χ2n) is 4.98. The molecule has 0 aliphatic carbocycles. The maximum atomic E-state index is 12.6. The van der Waals surface area contributed by atoms with Gasteiger partial charge in [0, 0.05) is 11.6 Å². The van der Waals surface area contributed by atoms with Crippen LogP contribution in [0, 0.1) is 0 Å². The lowest BCUT2D eigenvalue weighted by atomic mass is 9.98. The first-order chi connectivity index (χ1) is 9.40. The van der Waals surface area contributed by atoms with E-state index in [0.29, 0.717) is 30.2 Å². The molecule has 1 saturated heterocycles. The van der Waals surface area contributed by atoms with Crippen LogP contribution in [0.25, 0.3) is 0 Å². The van der Waals surface area contributed by atoms with Crippen LogP contribution in [0.2, 0.25) is 5.02 Å². The average molecular weight is 298 g/mol. The Hall–Kier alpha value is -1.75. The second-order valence-corrected chi connectivity index (χ2v) is 5.42. The topological polar surface area (TPSA) is 66.8 Å². The van der Waals surface area contributed by atoms with E-state index < -0.39 is 11.5 Å². The number of carbonyl (C=O) groups excluding carboxylic acids is 1. The van der Waals surface area contributed by atoms with Crippen molar-refractivity contribution in [2.45, 2.75) is 25.3 Å². The van der Waals surface area contributed by atoms with E-state index in [-0.39, 0.29) is 11.5 Å². The van der Waals surface area contributed by atoms with Crippen LogP contribution in [-0.4, -0.2) is 41.1 Å². The van der Waals surface area contributed by atoms with Gasteiger partial charge in [-0.05, 0) is 38.0 Å². The van der Waals surface area contributed by atoms with E-state index in [4.69, 9.17) is 16.3 Å². The average Bonchev–Trinajstić information content (AvgIpc) is 2.81. The first kappa shape index (κ1) is 14.7. The number of rotatable bonds is 3. The largest absolute Gasteiger partial charge is 0.496 e. The summed E-state index contributed by atoms with van der Waals surface area (Å²) in [6.45, 7) is 1.98.